The molecule has 3 aromatic rings. The molecule has 0 saturated carbocycles. The summed E-state index contributed by atoms with van der Waals surface area (Å²) in [6.45, 7) is 1.48. The van der Waals surface area contributed by atoms with Crippen LogP contribution in [0.4, 0.5) is 17.1 Å². The third kappa shape index (κ3) is 3.98. The number of nitrogens with zero attached hydrogens (tertiary/aromatic N) is 3. The van der Waals surface area contributed by atoms with Gasteiger partial charge in [0.15, 0.2) is 6.61 Å². The lowest BCUT2D eigenvalue weighted by molar-refractivity contribution is -0.384. The van der Waals surface area contributed by atoms with Crippen LogP contribution in [0.25, 0.3) is 11.3 Å². The number of anilines is 2. The molecule has 1 aliphatic heterocycles. The van der Waals surface area contributed by atoms with Crippen molar-refractivity contribution in [1.82, 2.24) is 4.98 Å². The number of aryl methyl sites for hydroxylation is 1. The Balaban J connectivity index is 1.57. The van der Waals surface area contributed by atoms with E-state index in [0.717, 1.165) is 16.3 Å². The van der Waals surface area contributed by atoms with Crippen molar-refractivity contribution < 1.29 is 19.2 Å². The van der Waals surface area contributed by atoms with Crippen molar-refractivity contribution >= 4 is 40.2 Å². The summed E-state index contributed by atoms with van der Waals surface area (Å²) in [4.78, 5) is 41.2. The molecule has 0 saturated heterocycles. The van der Waals surface area contributed by atoms with Crippen LogP contribution in [0.5, 0.6) is 5.75 Å². The number of hydrogen-bond acceptors (Lipinski definition) is 7. The Labute approximate surface area is 175 Å². The minimum atomic E-state index is -0.543. The molecule has 1 aliphatic rings. The van der Waals surface area contributed by atoms with Crippen LogP contribution in [0.1, 0.15) is 5.01 Å². The number of amides is 2. The molecule has 0 unspecified atom stereocenters. The van der Waals surface area contributed by atoms with Crippen LogP contribution in [0.3, 0.4) is 0 Å². The Morgan fingerprint density at radius 3 is 2.90 bits per heavy atom. The summed E-state index contributed by atoms with van der Waals surface area (Å²) in [5.41, 5.74) is 2.20. The Hall–Kier alpha value is -3.79. The predicted octanol–water partition coefficient (Wildman–Crippen LogP) is 3.39. The molecule has 30 heavy (non-hydrogen) atoms. The van der Waals surface area contributed by atoms with Crippen LogP contribution in [0, 0.1) is 17.0 Å². The summed E-state index contributed by atoms with van der Waals surface area (Å²) in [5, 5.41) is 16.3. The fourth-order valence-electron chi connectivity index (χ4n) is 3.07. The van der Waals surface area contributed by atoms with Crippen molar-refractivity contribution in [2.75, 3.05) is 23.4 Å². The number of hydrogen-bond donors (Lipinski definition) is 1. The number of carbonyl (C=O) groups excluding carboxylic acids is 2. The van der Waals surface area contributed by atoms with Crippen LogP contribution in [-0.2, 0) is 9.59 Å². The van der Waals surface area contributed by atoms with Gasteiger partial charge in [0.2, 0.25) is 5.91 Å². The number of aromatic nitrogens is 1. The van der Waals surface area contributed by atoms with Crippen molar-refractivity contribution in [1.29, 1.82) is 0 Å². The minimum absolute atomic E-state index is 0.135. The van der Waals surface area contributed by atoms with Gasteiger partial charge in [-0.2, -0.15) is 0 Å². The second-order valence-corrected chi connectivity index (χ2v) is 7.62. The molecular weight excluding hydrogens is 408 g/mol. The first-order valence-corrected chi connectivity index (χ1v) is 9.83. The van der Waals surface area contributed by atoms with Crippen LogP contribution < -0.4 is 15.0 Å². The van der Waals surface area contributed by atoms with Gasteiger partial charge in [-0.1, -0.05) is 6.07 Å². The van der Waals surface area contributed by atoms with Gasteiger partial charge in [0.05, 0.1) is 21.3 Å². The molecule has 0 bridgehead atoms. The van der Waals surface area contributed by atoms with E-state index in [1.165, 1.54) is 34.4 Å². The van der Waals surface area contributed by atoms with E-state index in [1.807, 2.05) is 18.4 Å². The number of nitro groups is 1. The SMILES string of the molecule is Cc1nc(-c2ccc3c(c2)N(CC(=O)Nc2cccc([N+](=O)[O-])c2)C(=O)CO3)cs1. The highest BCUT2D eigenvalue weighted by molar-refractivity contribution is 7.09. The van der Waals surface area contributed by atoms with E-state index in [2.05, 4.69) is 10.3 Å². The molecule has 1 N–H and O–H groups in total. The van der Waals surface area contributed by atoms with Crippen molar-refractivity contribution in [2.45, 2.75) is 6.92 Å². The number of thiazole rings is 1. The van der Waals surface area contributed by atoms with Crippen LogP contribution in [-0.4, -0.2) is 34.9 Å². The zero-order chi connectivity index (χ0) is 21.3. The maximum Gasteiger partial charge on any atom is 0.271 e. The highest BCUT2D eigenvalue weighted by Gasteiger charge is 2.28. The van der Waals surface area contributed by atoms with Gasteiger partial charge >= 0.3 is 0 Å². The highest BCUT2D eigenvalue weighted by Crippen LogP contribution is 2.36. The van der Waals surface area contributed by atoms with E-state index < -0.39 is 10.8 Å². The number of non-ortho nitro benzene ring substituents is 1. The minimum Gasteiger partial charge on any atom is -0.482 e. The Morgan fingerprint density at radius 2 is 2.17 bits per heavy atom. The van der Waals surface area contributed by atoms with Crippen molar-refractivity contribution in [3.8, 4) is 17.0 Å². The first kappa shape index (κ1) is 19.5. The third-order valence-electron chi connectivity index (χ3n) is 4.46. The number of rotatable bonds is 5. The summed E-state index contributed by atoms with van der Waals surface area (Å²) in [6.07, 6.45) is 0. The summed E-state index contributed by atoms with van der Waals surface area (Å²) in [6, 6.07) is 11.0. The molecule has 0 atom stereocenters. The van der Waals surface area contributed by atoms with E-state index in [-0.39, 0.29) is 30.4 Å². The third-order valence-corrected chi connectivity index (χ3v) is 5.23. The van der Waals surface area contributed by atoms with Crippen molar-refractivity contribution in [3.63, 3.8) is 0 Å². The van der Waals surface area contributed by atoms with Gasteiger partial charge in [-0.05, 0) is 31.2 Å². The van der Waals surface area contributed by atoms with Gasteiger partial charge < -0.3 is 10.1 Å². The van der Waals surface area contributed by atoms with Gasteiger partial charge in [0, 0.05) is 28.8 Å². The Morgan fingerprint density at radius 1 is 1.33 bits per heavy atom. The van der Waals surface area contributed by atoms with E-state index in [1.54, 1.807) is 18.2 Å². The quantitative estimate of drug-likeness (QED) is 0.496. The fraction of sp³-hybridized carbons (Fsp3) is 0.150. The largest absolute Gasteiger partial charge is 0.482 e. The molecule has 2 aromatic carbocycles. The average Bonchev–Trinajstić information content (AvgIpc) is 3.16. The molecule has 2 heterocycles. The molecule has 152 valence electrons. The lowest BCUT2D eigenvalue weighted by atomic mass is 10.1. The van der Waals surface area contributed by atoms with E-state index >= 15 is 0 Å². The first-order chi connectivity index (χ1) is 14.4. The second kappa shape index (κ2) is 7.91. The van der Waals surface area contributed by atoms with E-state index in [9.17, 15) is 19.7 Å². The standard InChI is InChI=1S/C20H16N4O5S/c1-12-21-16(11-30-12)13-5-6-18-17(7-13)23(20(26)10-29-18)9-19(25)22-14-3-2-4-15(8-14)24(27)28/h2-8,11H,9-10H2,1H3,(H,22,25). The number of carbonyl (C=O) groups is 2. The molecule has 4 rings (SSSR count). The van der Waals surface area contributed by atoms with Gasteiger partial charge in [-0.15, -0.1) is 11.3 Å². The fourth-order valence-corrected chi connectivity index (χ4v) is 3.69. The summed E-state index contributed by atoms with van der Waals surface area (Å²) >= 11 is 1.52. The Kier molecular flexibility index (Phi) is 5.15. The molecule has 0 radical (unpaired) electrons. The maximum atomic E-state index is 12.5. The molecule has 0 fully saturated rings. The summed E-state index contributed by atoms with van der Waals surface area (Å²) in [7, 11) is 0. The zero-order valence-corrected chi connectivity index (χ0v) is 16.6. The second-order valence-electron chi connectivity index (χ2n) is 6.56. The number of nitrogens with one attached hydrogen (secondary N) is 1. The summed E-state index contributed by atoms with van der Waals surface area (Å²) < 4.78 is 5.49. The van der Waals surface area contributed by atoms with Crippen LogP contribution in [0.2, 0.25) is 0 Å². The zero-order valence-electron chi connectivity index (χ0n) is 15.8. The average molecular weight is 424 g/mol. The van der Waals surface area contributed by atoms with Gasteiger partial charge in [0.25, 0.3) is 11.6 Å². The van der Waals surface area contributed by atoms with Gasteiger partial charge in [-0.3, -0.25) is 24.6 Å². The number of fused-ring (bicyclic) bond motifs is 1. The van der Waals surface area contributed by atoms with Crippen LogP contribution >= 0.6 is 11.3 Å². The molecule has 2 amide bonds. The first-order valence-electron chi connectivity index (χ1n) is 8.95. The van der Waals surface area contributed by atoms with E-state index in [4.69, 9.17) is 4.74 Å². The molecule has 0 aliphatic carbocycles. The monoisotopic (exact) mass is 424 g/mol. The number of nitro benzene ring substituents is 1. The number of ether oxygens (including phenoxy) is 1. The molecule has 1 aromatic heterocycles. The maximum absolute atomic E-state index is 12.5. The van der Waals surface area contributed by atoms with E-state index in [0.29, 0.717) is 11.4 Å². The summed E-state index contributed by atoms with van der Waals surface area (Å²) in [5.74, 6) is -0.344. The lowest BCUT2D eigenvalue weighted by Gasteiger charge is -2.29. The lowest BCUT2D eigenvalue weighted by Crippen LogP contribution is -2.43. The van der Waals surface area contributed by atoms with Crippen molar-refractivity contribution in [2.24, 2.45) is 0 Å². The Bertz CT molecular complexity index is 1160. The molecule has 10 heteroatoms. The van der Waals surface area contributed by atoms with Gasteiger partial charge in [-0.25, -0.2) is 4.98 Å². The predicted molar refractivity (Wildman–Crippen MR) is 112 cm³/mol. The molecule has 9 nitrogen and oxygen atoms in total. The smallest absolute Gasteiger partial charge is 0.271 e. The number of benzene rings is 2. The normalized spacial score (nSPS) is 12.8. The molecule has 0 spiro atoms. The van der Waals surface area contributed by atoms with Crippen LogP contribution in [0.15, 0.2) is 47.8 Å². The van der Waals surface area contributed by atoms with Crippen molar-refractivity contribution in [3.05, 3.63) is 63.0 Å². The highest BCUT2D eigenvalue weighted by atomic mass is 32.1. The molecular formula is C20H16N4O5S. The van der Waals surface area contributed by atoms with Gasteiger partial charge in [0.1, 0.15) is 12.3 Å². The topological polar surface area (TPSA) is 115 Å².